The lowest BCUT2D eigenvalue weighted by Gasteiger charge is -2.26. The Balaban J connectivity index is 2.14. The molecule has 0 amide bonds. The first-order chi connectivity index (χ1) is 9.11. The number of carbonyl (C=O) groups excluding carboxylic acids is 1. The molecule has 0 bridgehead atoms. The largest absolute Gasteiger partial charge is 0.456 e. The normalized spacial score (nSPS) is 23.6. The molecular weight excluding hydrogens is 278 g/mol. The van der Waals surface area contributed by atoms with E-state index in [0.717, 1.165) is 0 Å². The summed E-state index contributed by atoms with van der Waals surface area (Å²) >= 11 is 5.92. The van der Waals surface area contributed by atoms with Gasteiger partial charge < -0.3 is 15.2 Å². The van der Waals surface area contributed by atoms with Crippen LogP contribution in [0.25, 0.3) is 0 Å². The molecular formula is C15H20ClNO3. The molecule has 1 aromatic rings. The molecule has 2 N–H and O–H groups in total. The Morgan fingerprint density at radius 2 is 2.05 bits per heavy atom. The molecule has 1 unspecified atom stereocenters. The van der Waals surface area contributed by atoms with Crippen LogP contribution in [-0.4, -0.2) is 23.3 Å². The molecule has 1 saturated heterocycles. The first-order valence-corrected chi connectivity index (χ1v) is 6.95. The third-order valence-electron chi connectivity index (χ3n) is 3.48. The minimum Gasteiger partial charge on any atom is -0.456 e. The Bertz CT molecular complexity index is 540. The van der Waals surface area contributed by atoms with Gasteiger partial charge in [0.05, 0.1) is 21.9 Å². The summed E-state index contributed by atoms with van der Waals surface area (Å²) in [5.41, 5.74) is 5.66. The zero-order valence-electron chi connectivity index (χ0n) is 12.2. The lowest BCUT2D eigenvalue weighted by atomic mass is 9.97. The Hall–Kier alpha value is -1.26. The lowest BCUT2D eigenvalue weighted by Crippen LogP contribution is -2.36. The molecule has 0 spiro atoms. The van der Waals surface area contributed by atoms with E-state index in [0.29, 0.717) is 22.7 Å². The number of esters is 1. The molecule has 20 heavy (non-hydrogen) atoms. The van der Waals surface area contributed by atoms with E-state index < -0.39 is 11.6 Å². The molecule has 1 aromatic carbocycles. The van der Waals surface area contributed by atoms with Crippen molar-refractivity contribution in [2.24, 2.45) is 0 Å². The van der Waals surface area contributed by atoms with Crippen LogP contribution in [0.3, 0.4) is 0 Å². The van der Waals surface area contributed by atoms with Crippen molar-refractivity contribution in [1.82, 2.24) is 0 Å². The second-order valence-corrected chi connectivity index (χ2v) is 6.71. The maximum Gasteiger partial charge on any atom is 0.338 e. The van der Waals surface area contributed by atoms with Crippen molar-refractivity contribution in [2.75, 3.05) is 5.73 Å². The van der Waals surface area contributed by atoms with Crippen LogP contribution in [0.2, 0.25) is 5.02 Å². The first kappa shape index (κ1) is 15.1. The minimum atomic E-state index is -0.503. The lowest BCUT2D eigenvalue weighted by molar-refractivity contribution is -0.0924. The zero-order chi connectivity index (χ0) is 15.1. The van der Waals surface area contributed by atoms with Gasteiger partial charge in [-0.3, -0.25) is 0 Å². The van der Waals surface area contributed by atoms with Gasteiger partial charge in [-0.1, -0.05) is 11.6 Å². The van der Waals surface area contributed by atoms with Crippen molar-refractivity contribution in [3.05, 3.63) is 28.8 Å². The van der Waals surface area contributed by atoms with Crippen LogP contribution in [-0.2, 0) is 9.47 Å². The van der Waals surface area contributed by atoms with Crippen LogP contribution in [0.1, 0.15) is 44.5 Å². The van der Waals surface area contributed by atoms with Crippen molar-refractivity contribution in [3.8, 4) is 0 Å². The van der Waals surface area contributed by atoms with E-state index in [1.165, 1.54) is 6.07 Å². The second-order valence-electron chi connectivity index (χ2n) is 6.30. The maximum atomic E-state index is 12.2. The fourth-order valence-electron chi connectivity index (χ4n) is 2.55. The van der Waals surface area contributed by atoms with E-state index in [2.05, 4.69) is 0 Å². The predicted molar refractivity (Wildman–Crippen MR) is 78.9 cm³/mol. The van der Waals surface area contributed by atoms with Gasteiger partial charge in [0.15, 0.2) is 0 Å². The number of nitrogen functional groups attached to an aromatic ring is 1. The van der Waals surface area contributed by atoms with Crippen LogP contribution in [0.5, 0.6) is 0 Å². The summed E-state index contributed by atoms with van der Waals surface area (Å²) in [6.07, 6.45) is 0.371. The van der Waals surface area contributed by atoms with E-state index in [1.807, 2.05) is 27.7 Å². The van der Waals surface area contributed by atoms with Gasteiger partial charge in [-0.2, -0.15) is 0 Å². The average Bonchev–Trinajstić information content (AvgIpc) is 2.50. The summed E-state index contributed by atoms with van der Waals surface area (Å²) in [7, 11) is 0. The summed E-state index contributed by atoms with van der Waals surface area (Å²) < 4.78 is 11.5. The summed E-state index contributed by atoms with van der Waals surface area (Å²) in [6, 6.07) is 4.73. The molecule has 1 aliphatic rings. The quantitative estimate of drug-likeness (QED) is 0.671. The Morgan fingerprint density at radius 3 is 2.55 bits per heavy atom. The predicted octanol–water partition coefficient (Wildman–Crippen LogP) is 3.43. The summed E-state index contributed by atoms with van der Waals surface area (Å²) in [6.45, 7) is 7.83. The van der Waals surface area contributed by atoms with Crippen LogP contribution in [0.4, 0.5) is 5.69 Å². The van der Waals surface area contributed by atoms with E-state index >= 15 is 0 Å². The van der Waals surface area contributed by atoms with E-state index in [4.69, 9.17) is 26.8 Å². The van der Waals surface area contributed by atoms with E-state index in [9.17, 15) is 4.79 Å². The molecule has 1 fully saturated rings. The number of hydrogen-bond donors (Lipinski definition) is 1. The van der Waals surface area contributed by atoms with Crippen molar-refractivity contribution in [1.29, 1.82) is 0 Å². The van der Waals surface area contributed by atoms with Gasteiger partial charge in [0.2, 0.25) is 0 Å². The summed E-state index contributed by atoms with van der Waals surface area (Å²) in [4.78, 5) is 12.2. The smallest absolute Gasteiger partial charge is 0.338 e. The highest BCUT2D eigenvalue weighted by atomic mass is 35.5. The molecule has 0 radical (unpaired) electrons. The molecule has 1 heterocycles. The van der Waals surface area contributed by atoms with Gasteiger partial charge in [0.25, 0.3) is 0 Å². The van der Waals surface area contributed by atoms with Crippen LogP contribution in [0, 0.1) is 0 Å². The van der Waals surface area contributed by atoms with Crippen LogP contribution in [0.15, 0.2) is 18.2 Å². The first-order valence-electron chi connectivity index (χ1n) is 6.57. The third kappa shape index (κ3) is 3.07. The molecule has 110 valence electrons. The van der Waals surface area contributed by atoms with E-state index in [1.54, 1.807) is 12.1 Å². The van der Waals surface area contributed by atoms with Gasteiger partial charge in [-0.15, -0.1) is 0 Å². The number of rotatable bonds is 2. The molecule has 0 saturated carbocycles. The standard InChI is InChI=1S/C15H20ClNO3/c1-14(2)8-12(15(3,4)20-14)19-13(18)9-5-6-11(17)10(16)7-9/h5-7,12H,8,17H2,1-4H3. The maximum absolute atomic E-state index is 12.2. The number of anilines is 1. The summed E-state index contributed by atoms with van der Waals surface area (Å²) in [5, 5.41) is 0.349. The number of carbonyl (C=O) groups is 1. The monoisotopic (exact) mass is 297 g/mol. The highest BCUT2D eigenvalue weighted by molar-refractivity contribution is 6.33. The van der Waals surface area contributed by atoms with Crippen LogP contribution < -0.4 is 5.73 Å². The molecule has 0 aliphatic carbocycles. The minimum absolute atomic E-state index is 0.290. The second kappa shape index (κ2) is 4.93. The molecule has 5 heteroatoms. The average molecular weight is 298 g/mol. The van der Waals surface area contributed by atoms with Crippen LogP contribution >= 0.6 is 11.6 Å². The van der Waals surface area contributed by atoms with Gasteiger partial charge in [0, 0.05) is 6.42 Å². The van der Waals surface area contributed by atoms with Gasteiger partial charge in [-0.05, 0) is 45.9 Å². The number of benzene rings is 1. The Morgan fingerprint density at radius 1 is 1.40 bits per heavy atom. The Labute approximate surface area is 124 Å². The van der Waals surface area contributed by atoms with Gasteiger partial charge in [0.1, 0.15) is 11.7 Å². The highest BCUT2D eigenvalue weighted by Crippen LogP contribution is 2.39. The van der Waals surface area contributed by atoms with Gasteiger partial charge >= 0.3 is 5.97 Å². The fourth-order valence-corrected chi connectivity index (χ4v) is 2.73. The summed E-state index contributed by atoms with van der Waals surface area (Å²) in [5.74, 6) is -0.411. The highest BCUT2D eigenvalue weighted by Gasteiger charge is 2.48. The van der Waals surface area contributed by atoms with E-state index in [-0.39, 0.29) is 11.7 Å². The van der Waals surface area contributed by atoms with Crippen molar-refractivity contribution >= 4 is 23.3 Å². The number of hydrogen-bond acceptors (Lipinski definition) is 4. The SMILES string of the molecule is CC1(C)CC(OC(=O)c2ccc(N)c(Cl)c2)C(C)(C)O1. The Kier molecular flexibility index (Phi) is 3.73. The molecule has 1 aliphatic heterocycles. The molecule has 4 nitrogen and oxygen atoms in total. The van der Waals surface area contributed by atoms with Crippen molar-refractivity contribution in [3.63, 3.8) is 0 Å². The fraction of sp³-hybridized carbons (Fsp3) is 0.533. The molecule has 1 atom stereocenters. The topological polar surface area (TPSA) is 61.5 Å². The molecule has 0 aromatic heterocycles. The van der Waals surface area contributed by atoms with Crippen molar-refractivity contribution < 1.29 is 14.3 Å². The molecule has 2 rings (SSSR count). The number of ether oxygens (including phenoxy) is 2. The number of halogens is 1. The zero-order valence-corrected chi connectivity index (χ0v) is 13.0. The third-order valence-corrected chi connectivity index (χ3v) is 3.80. The van der Waals surface area contributed by atoms with Gasteiger partial charge in [-0.25, -0.2) is 4.79 Å². The number of nitrogens with two attached hydrogens (primary N) is 1. The van der Waals surface area contributed by atoms with Crippen molar-refractivity contribution in [2.45, 2.75) is 51.4 Å².